The highest BCUT2D eigenvalue weighted by Gasteiger charge is 2.50. The highest BCUT2D eigenvalue weighted by atomic mass is 15.4. The first-order valence-electron chi connectivity index (χ1n) is 8.60. The molecule has 2 aliphatic rings. The van der Waals surface area contributed by atoms with Crippen molar-refractivity contribution in [2.24, 2.45) is 0 Å². The minimum absolute atomic E-state index is 0.549. The van der Waals surface area contributed by atoms with Crippen LogP contribution in [0.5, 0.6) is 0 Å². The molecule has 0 radical (unpaired) electrons. The monoisotopic (exact) mass is 286 g/mol. The van der Waals surface area contributed by atoms with Gasteiger partial charge in [0.2, 0.25) is 0 Å². The summed E-state index contributed by atoms with van der Waals surface area (Å²) in [4.78, 5) is 5.43. The van der Waals surface area contributed by atoms with Gasteiger partial charge in [-0.05, 0) is 44.2 Å². The quantitative estimate of drug-likeness (QED) is 0.824. The number of piperazine rings is 1. The Morgan fingerprint density at radius 3 is 2.19 bits per heavy atom. The van der Waals surface area contributed by atoms with E-state index >= 15 is 0 Å². The number of benzene rings is 1. The fraction of sp³-hybridized carbons (Fsp3) is 0.684. The topological polar surface area (TPSA) is 6.48 Å². The standard InChI is InChI=1S/C19H30N2/c1-13(2)16-7-6-8-17(11-16)15(5)21-10-9-20(14(3)4)18-12-19(18)21/h6-8,11,13-15,18-19H,9-10,12H2,1-5H3. The number of fused-ring (bicyclic) bond motifs is 1. The van der Waals surface area contributed by atoms with Crippen molar-refractivity contribution in [2.75, 3.05) is 13.1 Å². The summed E-state index contributed by atoms with van der Waals surface area (Å²) in [5, 5.41) is 0. The van der Waals surface area contributed by atoms with E-state index in [1.807, 2.05) is 0 Å². The average molecular weight is 286 g/mol. The summed E-state index contributed by atoms with van der Waals surface area (Å²) >= 11 is 0. The SMILES string of the molecule is CC(C)c1cccc(C(C)N2CCN(C(C)C)C3CC32)c1. The van der Waals surface area contributed by atoms with Crippen molar-refractivity contribution in [1.29, 1.82) is 0 Å². The molecule has 1 heterocycles. The maximum absolute atomic E-state index is 2.74. The largest absolute Gasteiger partial charge is 0.295 e. The van der Waals surface area contributed by atoms with Crippen LogP contribution in [0.4, 0.5) is 0 Å². The first-order chi connectivity index (χ1) is 9.99. The molecule has 1 saturated heterocycles. The van der Waals surface area contributed by atoms with E-state index in [9.17, 15) is 0 Å². The summed E-state index contributed by atoms with van der Waals surface area (Å²) < 4.78 is 0. The average Bonchev–Trinajstić information content (AvgIpc) is 3.25. The van der Waals surface area contributed by atoms with Gasteiger partial charge in [0.1, 0.15) is 0 Å². The molecule has 3 unspecified atom stereocenters. The minimum atomic E-state index is 0.549. The lowest BCUT2D eigenvalue weighted by atomic mass is 9.97. The summed E-state index contributed by atoms with van der Waals surface area (Å²) in [6, 6.07) is 12.1. The van der Waals surface area contributed by atoms with Gasteiger partial charge < -0.3 is 0 Å². The Morgan fingerprint density at radius 1 is 0.905 bits per heavy atom. The second-order valence-corrected chi connectivity index (χ2v) is 7.44. The molecule has 0 amide bonds. The van der Waals surface area contributed by atoms with Crippen molar-refractivity contribution in [3.05, 3.63) is 35.4 Å². The van der Waals surface area contributed by atoms with Gasteiger partial charge in [-0.3, -0.25) is 9.80 Å². The van der Waals surface area contributed by atoms with Gasteiger partial charge in [-0.1, -0.05) is 38.1 Å². The Kier molecular flexibility index (Phi) is 4.11. The predicted molar refractivity (Wildman–Crippen MR) is 89.7 cm³/mol. The molecule has 21 heavy (non-hydrogen) atoms. The van der Waals surface area contributed by atoms with Gasteiger partial charge >= 0.3 is 0 Å². The van der Waals surface area contributed by atoms with E-state index in [0.717, 1.165) is 12.1 Å². The molecule has 2 heteroatoms. The molecule has 0 N–H and O–H groups in total. The van der Waals surface area contributed by atoms with Gasteiger partial charge in [0.05, 0.1) is 0 Å². The van der Waals surface area contributed by atoms with Crippen LogP contribution in [0.1, 0.15) is 64.1 Å². The lowest BCUT2D eigenvalue weighted by Gasteiger charge is -2.39. The Labute approximate surface area is 130 Å². The van der Waals surface area contributed by atoms with Crippen LogP contribution in [0.15, 0.2) is 24.3 Å². The number of hydrogen-bond acceptors (Lipinski definition) is 2. The molecule has 2 nitrogen and oxygen atoms in total. The van der Waals surface area contributed by atoms with Crippen molar-refractivity contribution >= 4 is 0 Å². The Balaban J connectivity index is 1.72. The Hall–Kier alpha value is -0.860. The van der Waals surface area contributed by atoms with Crippen molar-refractivity contribution in [2.45, 2.75) is 71.1 Å². The van der Waals surface area contributed by atoms with Crippen molar-refractivity contribution in [1.82, 2.24) is 9.80 Å². The molecule has 0 spiro atoms. The molecule has 2 fully saturated rings. The Morgan fingerprint density at radius 2 is 1.52 bits per heavy atom. The lowest BCUT2D eigenvalue weighted by molar-refractivity contribution is 0.0796. The maximum Gasteiger partial charge on any atom is 0.0324 e. The van der Waals surface area contributed by atoms with Gasteiger partial charge in [-0.15, -0.1) is 0 Å². The highest BCUT2D eigenvalue weighted by molar-refractivity contribution is 5.28. The second kappa shape index (κ2) is 5.73. The summed E-state index contributed by atoms with van der Waals surface area (Å²) in [5.74, 6) is 0.614. The molecule has 0 bridgehead atoms. The first-order valence-corrected chi connectivity index (χ1v) is 8.60. The van der Waals surface area contributed by atoms with E-state index in [0.29, 0.717) is 18.0 Å². The minimum Gasteiger partial charge on any atom is -0.295 e. The zero-order chi connectivity index (χ0) is 15.1. The van der Waals surface area contributed by atoms with Gasteiger partial charge in [0, 0.05) is 37.3 Å². The third kappa shape index (κ3) is 2.89. The van der Waals surface area contributed by atoms with Crippen molar-refractivity contribution < 1.29 is 0 Å². The molecule has 1 aliphatic carbocycles. The molecule has 1 aromatic carbocycles. The molecule has 1 aliphatic heterocycles. The number of nitrogens with zero attached hydrogens (tertiary/aromatic N) is 2. The molecule has 0 aromatic heterocycles. The van der Waals surface area contributed by atoms with Crippen molar-refractivity contribution in [3.63, 3.8) is 0 Å². The second-order valence-electron chi connectivity index (χ2n) is 7.44. The molecule has 3 atom stereocenters. The van der Waals surface area contributed by atoms with Crippen molar-refractivity contribution in [3.8, 4) is 0 Å². The first kappa shape index (κ1) is 15.1. The third-order valence-corrected chi connectivity index (χ3v) is 5.41. The molecular weight excluding hydrogens is 256 g/mol. The summed E-state index contributed by atoms with van der Waals surface area (Å²) in [6.07, 6.45) is 1.37. The fourth-order valence-electron chi connectivity index (χ4n) is 3.94. The van der Waals surface area contributed by atoms with Crippen LogP contribution in [0.2, 0.25) is 0 Å². The smallest absolute Gasteiger partial charge is 0.0324 e. The van der Waals surface area contributed by atoms with Crippen LogP contribution < -0.4 is 0 Å². The normalized spacial score (nSPS) is 28.0. The van der Waals surface area contributed by atoms with Crippen LogP contribution in [-0.4, -0.2) is 41.0 Å². The summed E-state index contributed by atoms with van der Waals surface area (Å²) in [5.41, 5.74) is 2.96. The highest BCUT2D eigenvalue weighted by Crippen LogP contribution is 2.42. The molecule has 3 rings (SSSR count). The van der Waals surface area contributed by atoms with Crippen LogP contribution >= 0.6 is 0 Å². The van der Waals surface area contributed by atoms with Gasteiger partial charge in [-0.25, -0.2) is 0 Å². The number of rotatable bonds is 4. The van der Waals surface area contributed by atoms with Crippen LogP contribution in [0.25, 0.3) is 0 Å². The van der Waals surface area contributed by atoms with Crippen LogP contribution in [-0.2, 0) is 0 Å². The van der Waals surface area contributed by atoms with E-state index in [1.165, 1.54) is 30.6 Å². The lowest BCUT2D eigenvalue weighted by Crippen LogP contribution is -2.49. The summed E-state index contributed by atoms with van der Waals surface area (Å²) in [6.45, 7) is 14.1. The Bertz CT molecular complexity index is 494. The van der Waals surface area contributed by atoms with Gasteiger partial charge in [0.25, 0.3) is 0 Å². The van der Waals surface area contributed by atoms with Gasteiger partial charge in [0.15, 0.2) is 0 Å². The van der Waals surface area contributed by atoms with E-state index < -0.39 is 0 Å². The predicted octanol–water partition coefficient (Wildman–Crippen LogP) is 4.04. The van der Waals surface area contributed by atoms with E-state index in [2.05, 4.69) is 68.7 Å². The maximum atomic E-state index is 2.74. The zero-order valence-corrected chi connectivity index (χ0v) is 14.2. The van der Waals surface area contributed by atoms with Gasteiger partial charge in [-0.2, -0.15) is 0 Å². The molecule has 116 valence electrons. The summed E-state index contributed by atoms with van der Waals surface area (Å²) in [7, 11) is 0. The zero-order valence-electron chi connectivity index (χ0n) is 14.2. The molecule has 1 saturated carbocycles. The van der Waals surface area contributed by atoms with E-state index in [4.69, 9.17) is 0 Å². The molecule has 1 aromatic rings. The van der Waals surface area contributed by atoms with Crippen LogP contribution in [0.3, 0.4) is 0 Å². The third-order valence-electron chi connectivity index (χ3n) is 5.41. The fourth-order valence-corrected chi connectivity index (χ4v) is 3.94. The van der Waals surface area contributed by atoms with E-state index in [-0.39, 0.29) is 0 Å². The number of hydrogen-bond donors (Lipinski definition) is 0. The van der Waals surface area contributed by atoms with E-state index in [1.54, 1.807) is 0 Å². The van der Waals surface area contributed by atoms with Crippen LogP contribution in [0, 0.1) is 0 Å². The molecular formula is C19H30N2.